The Bertz CT molecular complexity index is 6840. The van der Waals surface area contributed by atoms with Crippen molar-refractivity contribution < 1.29 is 81.1 Å². The van der Waals surface area contributed by atoms with Gasteiger partial charge in [-0.1, -0.05) is 333 Å². The normalized spacial score (nSPS) is 11.7. The second-order valence-electron chi connectivity index (χ2n) is 38.9. The molecule has 0 fully saturated rings. The number of fused-ring (bicyclic) bond motifs is 6. The van der Waals surface area contributed by atoms with Gasteiger partial charge >= 0.3 is 75.7 Å². The molecule has 0 unspecified atom stereocenters. The molecule has 0 saturated carbocycles. The van der Waals surface area contributed by atoms with E-state index in [0.717, 1.165) is 187 Å². The van der Waals surface area contributed by atoms with Crippen LogP contribution in [0.2, 0.25) is 0 Å². The van der Waals surface area contributed by atoms with Gasteiger partial charge in [-0.25, -0.2) is 0 Å². The molecule has 0 aliphatic rings. The SMILES string of the molecule is CC(COc1ccccc1-c1cc(C(C)(C)C)cc(-c2c3ccccc3cc3ccccc23)c1O)COc1ccccc1-c1cc(C(C)(C)C)cc(-c2c3ccccc3cc3ccccc23)c1O.Cc1ccc2ccccc2c1-c1cc(C(C)(C)C)cc(-c2ccccc2OCCCOc2ccccc2-c2cc(C(C)(C)C)cc(-c3c(C)ccc4ccccc34)c2O)c1O.[Cl][Zr][Cl].[Cl][Zr][Cl]. The summed E-state index contributed by atoms with van der Waals surface area (Å²) in [5.41, 5.74) is 19.6. The molecule has 0 amide bonds. The summed E-state index contributed by atoms with van der Waals surface area (Å²) in [6.07, 6.45) is 0.617. The predicted molar refractivity (Wildman–Crippen MR) is 564 cm³/mol. The number of phenols is 4. The topological polar surface area (TPSA) is 118 Å². The first-order valence-electron chi connectivity index (χ1n) is 45.9. The molecule has 4 N–H and O–H groups in total. The van der Waals surface area contributed by atoms with E-state index in [9.17, 15) is 20.4 Å². The van der Waals surface area contributed by atoms with Gasteiger partial charge in [0.05, 0.1) is 26.4 Å². The number of aryl methyl sites for hydroxylation is 2. The number of benzene rings is 18. The number of halogens is 4. The Hall–Kier alpha value is -11.2. The van der Waals surface area contributed by atoms with Crippen LogP contribution in [0.15, 0.2) is 328 Å². The molecular weight excluding hydrogens is 1910 g/mol. The second-order valence-corrected chi connectivity index (χ2v) is 46.4. The zero-order valence-corrected chi connectivity index (χ0v) is 87.2. The van der Waals surface area contributed by atoms with Crippen molar-refractivity contribution in [3.8, 4) is 135 Å². The average molecular weight is 2020 g/mol. The Morgan fingerprint density at radius 1 is 0.244 bits per heavy atom. The molecule has 0 spiro atoms. The van der Waals surface area contributed by atoms with Crippen LogP contribution >= 0.6 is 34.1 Å². The number of ether oxygens (including phenoxy) is 4. The summed E-state index contributed by atoms with van der Waals surface area (Å²) in [5, 5.41) is 62.7. The molecule has 8 nitrogen and oxygen atoms in total. The number of phenolic OH excluding ortho intramolecular Hbond substituents is 4. The molecule has 0 aromatic heterocycles. The molecule has 682 valence electrons. The van der Waals surface area contributed by atoms with Gasteiger partial charge in [-0.2, -0.15) is 0 Å². The standard InChI is InChI=1S/C64H58O4.C57H56O4.4ClH.2Zr/c1-40(38-67-57-30-18-16-28-51(57)53-34-45(63(2,3)4)36-55(61(53)65)59-47-24-12-8-20-41(47)32-42-21-9-13-25-48(42)59)39-68-58-31-19-17-29-52(58)54-35-46(64(5,6)7)37-56(62(54)66)60-49-26-14-10-22-43(49)33-44-23-11-15-27-50(44)60;1-36-26-28-38-18-9-11-20-42(38)52(36)48-34-40(56(3,4)5)32-46(54(48)58)44-22-13-15-24-50(44)60-30-17-31-61-51-25-16-14-23-45(51)47-33-41(57(6,7)8)35-49(55(47)59)53-37(2)27-29-39-19-10-12-21-43(39)53;;;;;;/h8-37,40,65-66H,38-39H2,1-7H3;9-16,18-29,32-35,58-59H,17,30-31H2,1-8H3;4*1H;;/q;;;;;;2*+2/p-4. The van der Waals surface area contributed by atoms with Crippen molar-refractivity contribution in [2.45, 2.75) is 132 Å². The van der Waals surface area contributed by atoms with Gasteiger partial charge in [0, 0.05) is 90.2 Å². The maximum atomic E-state index is 12.5. The Balaban J connectivity index is 0.000000195. The summed E-state index contributed by atoms with van der Waals surface area (Å²) in [4.78, 5) is 0. The van der Waals surface area contributed by atoms with E-state index in [1.807, 2.05) is 97.1 Å². The first-order chi connectivity index (χ1) is 64.8. The fraction of sp³-hybridized carbons (Fsp3) is 0.207. The average Bonchev–Trinajstić information content (AvgIpc) is 0.727. The number of hydrogen-bond donors (Lipinski definition) is 4. The van der Waals surface area contributed by atoms with Crippen LogP contribution in [0.4, 0.5) is 0 Å². The van der Waals surface area contributed by atoms with E-state index in [1.54, 1.807) is 0 Å². The van der Waals surface area contributed by atoms with Crippen LogP contribution in [0, 0.1) is 19.8 Å². The van der Waals surface area contributed by atoms with Crippen LogP contribution in [0.3, 0.4) is 0 Å². The summed E-state index contributed by atoms with van der Waals surface area (Å²) in [5.74, 6) is 3.67. The molecule has 0 heterocycles. The fourth-order valence-electron chi connectivity index (χ4n) is 18.1. The number of rotatable bonds is 20. The first-order valence-corrected chi connectivity index (χ1v) is 58.5. The van der Waals surface area contributed by atoms with E-state index in [1.165, 1.54) is 0 Å². The molecule has 0 aliphatic heterocycles. The van der Waals surface area contributed by atoms with Crippen LogP contribution in [0.5, 0.6) is 46.0 Å². The summed E-state index contributed by atoms with van der Waals surface area (Å²) in [7, 11) is 19.7. The van der Waals surface area contributed by atoms with Crippen molar-refractivity contribution in [3.63, 3.8) is 0 Å². The van der Waals surface area contributed by atoms with E-state index in [4.69, 9.17) is 53.0 Å². The van der Waals surface area contributed by atoms with Crippen LogP contribution in [0.1, 0.15) is 130 Å². The molecule has 0 saturated heterocycles. The molecule has 18 aromatic rings. The third kappa shape index (κ3) is 21.8. The van der Waals surface area contributed by atoms with Gasteiger partial charge in [0.25, 0.3) is 0 Å². The van der Waals surface area contributed by atoms with E-state index in [0.29, 0.717) is 55.8 Å². The monoisotopic (exact) mass is 2010 g/mol. The van der Waals surface area contributed by atoms with Gasteiger partial charge in [0.2, 0.25) is 0 Å². The third-order valence-electron chi connectivity index (χ3n) is 25.4. The molecule has 18 aromatic carbocycles. The molecule has 0 atom stereocenters. The predicted octanol–water partition coefficient (Wildman–Crippen LogP) is 35.0. The van der Waals surface area contributed by atoms with E-state index in [2.05, 4.69) is 334 Å². The second kappa shape index (κ2) is 42.6. The molecule has 0 aliphatic carbocycles. The summed E-state index contributed by atoms with van der Waals surface area (Å²) in [6.45, 7) is 34.4. The van der Waals surface area contributed by atoms with Crippen LogP contribution < -0.4 is 18.9 Å². The van der Waals surface area contributed by atoms with Crippen LogP contribution in [-0.4, -0.2) is 46.9 Å². The minimum atomic E-state index is -0.826. The van der Waals surface area contributed by atoms with Crippen molar-refractivity contribution in [1.29, 1.82) is 0 Å². The Labute approximate surface area is 832 Å². The molecule has 0 bridgehead atoms. The number of aromatic hydroxyl groups is 4. The molecular formula is C121H114Cl4O8Zr2. The summed E-state index contributed by atoms with van der Waals surface area (Å²) < 4.78 is 26.4. The van der Waals surface area contributed by atoms with Crippen molar-refractivity contribution >= 4 is 98.7 Å². The maximum absolute atomic E-state index is 12.5. The van der Waals surface area contributed by atoms with Gasteiger partial charge in [-0.15, -0.1) is 0 Å². The van der Waals surface area contributed by atoms with Crippen LogP contribution in [-0.2, 0) is 63.4 Å². The van der Waals surface area contributed by atoms with Crippen molar-refractivity contribution in [2.75, 3.05) is 26.4 Å². The molecule has 0 radical (unpaired) electrons. The van der Waals surface area contributed by atoms with Gasteiger partial charge < -0.3 is 39.4 Å². The summed E-state index contributed by atoms with van der Waals surface area (Å²) >= 11 is -1.65. The molecule has 135 heavy (non-hydrogen) atoms. The van der Waals surface area contributed by atoms with Crippen LogP contribution in [0.25, 0.3) is 154 Å². The van der Waals surface area contributed by atoms with Crippen molar-refractivity contribution in [1.82, 2.24) is 0 Å². The fourth-order valence-corrected chi connectivity index (χ4v) is 18.1. The Kier molecular flexibility index (Phi) is 31.1. The van der Waals surface area contributed by atoms with Gasteiger partial charge in [-0.05, 0) is 230 Å². The molecule has 14 heteroatoms. The minimum absolute atomic E-state index is 0.0182. The zero-order chi connectivity index (χ0) is 95.8. The van der Waals surface area contributed by atoms with Crippen molar-refractivity contribution in [3.05, 3.63) is 361 Å². The van der Waals surface area contributed by atoms with E-state index >= 15 is 0 Å². The van der Waals surface area contributed by atoms with E-state index < -0.39 is 41.7 Å². The summed E-state index contributed by atoms with van der Waals surface area (Å²) in [6, 6.07) is 112. The number of hydrogen-bond acceptors (Lipinski definition) is 8. The Morgan fingerprint density at radius 2 is 0.452 bits per heavy atom. The van der Waals surface area contributed by atoms with E-state index in [-0.39, 0.29) is 50.6 Å². The number of para-hydroxylation sites is 4. The van der Waals surface area contributed by atoms with Gasteiger partial charge in [-0.3, -0.25) is 0 Å². The van der Waals surface area contributed by atoms with Gasteiger partial charge in [0.1, 0.15) is 46.0 Å². The first kappa shape index (κ1) is 98.4. The van der Waals surface area contributed by atoms with Gasteiger partial charge in [0.15, 0.2) is 0 Å². The third-order valence-corrected chi connectivity index (χ3v) is 25.4. The molecule has 18 rings (SSSR count). The quantitative estimate of drug-likeness (QED) is 0.0440. The zero-order valence-electron chi connectivity index (χ0n) is 79.2. The Morgan fingerprint density at radius 3 is 0.711 bits per heavy atom. The van der Waals surface area contributed by atoms with Crippen molar-refractivity contribution in [2.24, 2.45) is 5.92 Å².